The molecule has 4 rings (SSSR count). The smallest absolute Gasteiger partial charge is 0.151 e. The second kappa shape index (κ2) is 5.45. The third-order valence-electron chi connectivity index (χ3n) is 4.21. The third kappa shape index (κ3) is 2.76. The Labute approximate surface area is 125 Å². The van der Waals surface area contributed by atoms with Crippen LogP contribution in [0.15, 0.2) is 36.7 Å². The lowest BCUT2D eigenvalue weighted by atomic mass is 10.0. The van der Waals surface area contributed by atoms with Gasteiger partial charge in [0.2, 0.25) is 0 Å². The van der Waals surface area contributed by atoms with Crippen LogP contribution in [0.25, 0.3) is 0 Å². The highest BCUT2D eigenvalue weighted by molar-refractivity contribution is 5.64. The maximum absolute atomic E-state index is 4.80. The zero-order valence-electron chi connectivity index (χ0n) is 12.1. The van der Waals surface area contributed by atoms with E-state index in [0.29, 0.717) is 6.04 Å². The normalized spacial score (nSPS) is 17.6. The van der Waals surface area contributed by atoms with Gasteiger partial charge < -0.3 is 10.2 Å². The van der Waals surface area contributed by atoms with Crippen LogP contribution in [0.1, 0.15) is 30.5 Å². The Bertz CT molecular complexity index is 636. The number of para-hydroxylation sites is 1. The van der Waals surface area contributed by atoms with Crippen LogP contribution in [0.3, 0.4) is 0 Å². The maximum atomic E-state index is 4.80. The second-order valence-electron chi connectivity index (χ2n) is 5.91. The number of nitrogens with zero attached hydrogens (tertiary/aromatic N) is 3. The van der Waals surface area contributed by atoms with Crippen LogP contribution in [-0.2, 0) is 13.0 Å². The van der Waals surface area contributed by atoms with E-state index in [-0.39, 0.29) is 0 Å². The van der Waals surface area contributed by atoms with Crippen molar-refractivity contribution in [2.24, 2.45) is 0 Å². The summed E-state index contributed by atoms with van der Waals surface area (Å²) >= 11 is 0. The van der Waals surface area contributed by atoms with E-state index in [4.69, 9.17) is 4.98 Å². The van der Waals surface area contributed by atoms with Crippen LogP contribution in [0.2, 0.25) is 0 Å². The van der Waals surface area contributed by atoms with Crippen LogP contribution in [0, 0.1) is 0 Å². The predicted octanol–water partition coefficient (Wildman–Crippen LogP) is 2.81. The van der Waals surface area contributed by atoms with Gasteiger partial charge in [0, 0.05) is 31.0 Å². The van der Waals surface area contributed by atoms with Crippen molar-refractivity contribution in [2.75, 3.05) is 11.4 Å². The number of benzene rings is 1. The molecule has 0 bridgehead atoms. The zero-order chi connectivity index (χ0) is 14.1. The Morgan fingerprint density at radius 1 is 1.19 bits per heavy atom. The largest absolute Gasteiger partial charge is 0.325 e. The highest BCUT2D eigenvalue weighted by Gasteiger charge is 2.21. The number of aryl methyl sites for hydroxylation is 1. The molecule has 1 aromatic carbocycles. The minimum atomic E-state index is 0.700. The van der Waals surface area contributed by atoms with Gasteiger partial charge >= 0.3 is 0 Å². The van der Waals surface area contributed by atoms with Crippen LogP contribution in [0.5, 0.6) is 0 Å². The summed E-state index contributed by atoms with van der Waals surface area (Å²) in [4.78, 5) is 11.5. The number of hydrogen-bond acceptors (Lipinski definition) is 4. The van der Waals surface area contributed by atoms with Crippen LogP contribution in [0.4, 0.5) is 11.5 Å². The molecule has 2 aliphatic rings. The lowest BCUT2D eigenvalue weighted by Crippen LogP contribution is -2.26. The third-order valence-corrected chi connectivity index (χ3v) is 4.21. The van der Waals surface area contributed by atoms with E-state index >= 15 is 0 Å². The van der Waals surface area contributed by atoms with E-state index in [1.807, 2.05) is 12.4 Å². The van der Waals surface area contributed by atoms with Crippen LogP contribution >= 0.6 is 0 Å². The van der Waals surface area contributed by atoms with E-state index in [2.05, 4.69) is 39.5 Å². The number of hydrogen-bond donors (Lipinski definition) is 1. The molecule has 0 atom stereocenters. The van der Waals surface area contributed by atoms with E-state index in [1.165, 1.54) is 30.5 Å². The monoisotopic (exact) mass is 280 g/mol. The summed E-state index contributed by atoms with van der Waals surface area (Å²) in [6.45, 7) is 1.84. The molecule has 0 spiro atoms. The molecule has 1 N–H and O–H groups in total. The second-order valence-corrected chi connectivity index (χ2v) is 5.91. The summed E-state index contributed by atoms with van der Waals surface area (Å²) in [6, 6.07) is 9.32. The van der Waals surface area contributed by atoms with Gasteiger partial charge in [0.1, 0.15) is 0 Å². The van der Waals surface area contributed by atoms with Gasteiger partial charge in [-0.05, 0) is 37.3 Å². The Hall–Kier alpha value is -1.94. The number of nitrogens with one attached hydrogen (secondary N) is 1. The van der Waals surface area contributed by atoms with Crippen molar-refractivity contribution in [3.05, 3.63) is 47.9 Å². The standard InChI is InChI=1S/C17H20N4/c1-2-6-16-13(4-1)5-3-9-21(16)17-12-18-10-15(20-17)11-19-14-7-8-14/h1-2,4,6,10,12,14,19H,3,5,7-9,11H2. The molecule has 0 unspecified atom stereocenters. The molecule has 1 aliphatic heterocycles. The van der Waals surface area contributed by atoms with Gasteiger partial charge in [-0.1, -0.05) is 18.2 Å². The Balaban J connectivity index is 1.59. The number of aromatic nitrogens is 2. The summed E-state index contributed by atoms with van der Waals surface area (Å²) in [5.74, 6) is 0.970. The Kier molecular flexibility index (Phi) is 3.31. The van der Waals surface area contributed by atoms with Gasteiger partial charge in [0.25, 0.3) is 0 Å². The molecule has 4 nitrogen and oxygen atoms in total. The first kappa shape index (κ1) is 12.8. The molecule has 21 heavy (non-hydrogen) atoms. The fourth-order valence-electron chi connectivity index (χ4n) is 2.92. The average Bonchev–Trinajstić information content (AvgIpc) is 3.37. The van der Waals surface area contributed by atoms with Gasteiger partial charge in [-0.2, -0.15) is 0 Å². The molecule has 2 heterocycles. The first-order valence-electron chi connectivity index (χ1n) is 7.80. The molecule has 1 saturated carbocycles. The highest BCUT2D eigenvalue weighted by Crippen LogP contribution is 2.31. The molecular weight excluding hydrogens is 260 g/mol. The van der Waals surface area contributed by atoms with Crippen LogP contribution in [-0.4, -0.2) is 22.6 Å². The quantitative estimate of drug-likeness (QED) is 0.935. The average molecular weight is 280 g/mol. The fourth-order valence-corrected chi connectivity index (χ4v) is 2.92. The molecule has 2 aromatic rings. The first-order valence-corrected chi connectivity index (χ1v) is 7.80. The predicted molar refractivity (Wildman–Crippen MR) is 83.7 cm³/mol. The van der Waals surface area contributed by atoms with Crippen molar-refractivity contribution >= 4 is 11.5 Å². The Morgan fingerprint density at radius 2 is 2.10 bits per heavy atom. The minimum Gasteiger partial charge on any atom is -0.325 e. The molecule has 1 aromatic heterocycles. The zero-order valence-corrected chi connectivity index (χ0v) is 12.1. The van der Waals surface area contributed by atoms with Gasteiger partial charge in [0.05, 0.1) is 11.9 Å². The first-order chi connectivity index (χ1) is 10.4. The van der Waals surface area contributed by atoms with Gasteiger partial charge in [-0.15, -0.1) is 0 Å². The summed E-state index contributed by atoms with van der Waals surface area (Å²) in [7, 11) is 0. The molecule has 4 heteroatoms. The number of rotatable bonds is 4. The topological polar surface area (TPSA) is 41.1 Å². The van der Waals surface area contributed by atoms with Crippen molar-refractivity contribution in [3.63, 3.8) is 0 Å². The SMILES string of the molecule is c1ccc2c(c1)CCCN2c1cncc(CNC2CC2)n1. The molecule has 108 valence electrons. The van der Waals surface area contributed by atoms with E-state index < -0.39 is 0 Å². The number of anilines is 2. The van der Waals surface area contributed by atoms with Crippen molar-refractivity contribution in [1.29, 1.82) is 0 Å². The molecule has 0 radical (unpaired) electrons. The summed E-state index contributed by atoms with van der Waals surface area (Å²) in [5.41, 5.74) is 3.72. The summed E-state index contributed by atoms with van der Waals surface area (Å²) in [6.07, 6.45) is 8.67. The molecular formula is C17H20N4. The van der Waals surface area contributed by atoms with E-state index in [1.54, 1.807) is 0 Å². The summed E-state index contributed by atoms with van der Waals surface area (Å²) < 4.78 is 0. The molecule has 0 amide bonds. The number of fused-ring (bicyclic) bond motifs is 1. The van der Waals surface area contributed by atoms with Gasteiger partial charge in [-0.3, -0.25) is 4.98 Å². The molecule has 0 saturated heterocycles. The lowest BCUT2D eigenvalue weighted by molar-refractivity contribution is 0.669. The summed E-state index contributed by atoms with van der Waals surface area (Å²) in [5, 5.41) is 3.50. The molecule has 1 aliphatic carbocycles. The van der Waals surface area contributed by atoms with Gasteiger partial charge in [0.15, 0.2) is 5.82 Å². The fraction of sp³-hybridized carbons (Fsp3) is 0.412. The van der Waals surface area contributed by atoms with Gasteiger partial charge in [-0.25, -0.2) is 4.98 Å². The maximum Gasteiger partial charge on any atom is 0.151 e. The van der Waals surface area contributed by atoms with Crippen molar-refractivity contribution in [2.45, 2.75) is 38.3 Å². The molecule has 1 fully saturated rings. The van der Waals surface area contributed by atoms with Crippen LogP contribution < -0.4 is 10.2 Å². The van der Waals surface area contributed by atoms with E-state index in [9.17, 15) is 0 Å². The van der Waals surface area contributed by atoms with Crippen molar-refractivity contribution < 1.29 is 0 Å². The highest BCUT2D eigenvalue weighted by atomic mass is 15.2. The van der Waals surface area contributed by atoms with Crippen molar-refractivity contribution in [3.8, 4) is 0 Å². The lowest BCUT2D eigenvalue weighted by Gasteiger charge is -2.30. The van der Waals surface area contributed by atoms with Crippen molar-refractivity contribution in [1.82, 2.24) is 15.3 Å². The minimum absolute atomic E-state index is 0.700. The van der Waals surface area contributed by atoms with E-state index in [0.717, 1.165) is 31.0 Å². The Morgan fingerprint density at radius 3 is 3.00 bits per heavy atom.